The van der Waals surface area contributed by atoms with Gasteiger partial charge in [0.2, 0.25) is 5.91 Å². The molecule has 1 amide bonds. The highest BCUT2D eigenvalue weighted by molar-refractivity contribution is 5.92. The fourth-order valence-electron chi connectivity index (χ4n) is 4.72. The minimum atomic E-state index is -1.41. The Morgan fingerprint density at radius 2 is 1.85 bits per heavy atom. The van der Waals surface area contributed by atoms with Gasteiger partial charge < -0.3 is 51.2 Å². The second-order valence-corrected chi connectivity index (χ2v) is 9.35. The molecule has 40 heavy (non-hydrogen) atoms. The molecular weight excluding hydrogens is 528 g/mol. The molecule has 2 aliphatic rings. The Morgan fingerprint density at radius 1 is 1.07 bits per heavy atom. The maximum absolute atomic E-state index is 11.5. The van der Waals surface area contributed by atoms with E-state index in [-0.39, 0.29) is 41.6 Å². The van der Waals surface area contributed by atoms with E-state index < -0.39 is 61.5 Å². The van der Waals surface area contributed by atoms with E-state index in [0.717, 1.165) is 0 Å². The molecule has 212 valence electrons. The van der Waals surface area contributed by atoms with E-state index in [4.69, 9.17) is 25.7 Å². The van der Waals surface area contributed by atoms with Crippen molar-refractivity contribution < 1.29 is 44.5 Å². The number of carbonyl (C=O) groups excluding carboxylic acids is 1. The normalized spacial score (nSPS) is 29.9. The van der Waals surface area contributed by atoms with Crippen LogP contribution in [0.5, 0.6) is 0 Å². The van der Waals surface area contributed by atoms with E-state index in [1.54, 1.807) is 12.1 Å². The van der Waals surface area contributed by atoms with Gasteiger partial charge in [0, 0.05) is 5.56 Å². The highest BCUT2D eigenvalue weighted by Gasteiger charge is 2.45. The number of aliphatic hydroxyl groups is 5. The predicted octanol–water partition coefficient (Wildman–Crippen LogP) is -2.65. The molecule has 0 radical (unpaired) electrons. The van der Waals surface area contributed by atoms with Crippen molar-refractivity contribution in [1.29, 1.82) is 0 Å². The highest BCUT2D eigenvalue weighted by Crippen LogP contribution is 2.35. The van der Waals surface area contributed by atoms with E-state index in [2.05, 4.69) is 26.8 Å². The molecule has 15 nitrogen and oxygen atoms in total. The van der Waals surface area contributed by atoms with Crippen molar-refractivity contribution in [2.75, 3.05) is 25.6 Å². The molecular formula is C25H28N6O9. The number of ether oxygens (including phenoxy) is 3. The Balaban J connectivity index is 1.28. The van der Waals surface area contributed by atoms with Crippen LogP contribution in [0.25, 0.3) is 11.2 Å². The van der Waals surface area contributed by atoms with E-state index >= 15 is 0 Å². The first kappa shape index (κ1) is 27.8. The zero-order valence-electron chi connectivity index (χ0n) is 20.9. The summed E-state index contributed by atoms with van der Waals surface area (Å²) in [4.78, 5) is 23.9. The molecule has 5 rings (SSSR count). The molecule has 15 heteroatoms. The van der Waals surface area contributed by atoms with Crippen LogP contribution >= 0.6 is 0 Å². The fraction of sp³-hybridized carbons (Fsp3) is 0.440. The number of imidazole rings is 1. The number of benzene rings is 1. The lowest BCUT2D eigenvalue weighted by atomic mass is 10.00. The van der Waals surface area contributed by atoms with Crippen LogP contribution in [0.3, 0.4) is 0 Å². The van der Waals surface area contributed by atoms with Crippen LogP contribution in [0, 0.1) is 11.8 Å². The van der Waals surface area contributed by atoms with Gasteiger partial charge in [-0.25, -0.2) is 15.0 Å². The van der Waals surface area contributed by atoms with Gasteiger partial charge in [-0.2, -0.15) is 0 Å². The molecule has 3 aromatic rings. The zero-order valence-corrected chi connectivity index (χ0v) is 20.9. The number of rotatable bonds is 7. The Labute approximate surface area is 226 Å². The summed E-state index contributed by atoms with van der Waals surface area (Å²) in [7, 11) is 0. The summed E-state index contributed by atoms with van der Waals surface area (Å²) in [6.45, 7) is -0.762. The number of amides is 1. The van der Waals surface area contributed by atoms with Gasteiger partial charge >= 0.3 is 0 Å². The second-order valence-electron chi connectivity index (χ2n) is 9.35. The summed E-state index contributed by atoms with van der Waals surface area (Å²) in [5.74, 6) is 5.08. The number of primary amides is 1. The minimum Gasteiger partial charge on any atom is -0.394 e. The molecule has 9 N–H and O–H groups in total. The highest BCUT2D eigenvalue weighted by atomic mass is 16.6. The van der Waals surface area contributed by atoms with Gasteiger partial charge in [-0.1, -0.05) is 18.1 Å². The lowest BCUT2D eigenvalue weighted by Crippen LogP contribution is -2.33. The lowest BCUT2D eigenvalue weighted by molar-refractivity contribution is -0.0514. The standard InChI is InChI=1S/C25H28N6O9/c26-22-16-24(29-10-28-22)31(25-20(36)17(33)13(8-32)40-25)15(30-16)5-2-6-38-9-14-18(34)19(35)21(39-14)11-3-1-4-12(7-11)23(27)37/h1,3-4,7,10,13-14,17-21,25,32-36H,6,8-9H2,(H2,27,37)(H2,26,28,29)/t13-,14-,17?,18?,19?,20?,21+,25-/m1/s1. The molecule has 0 aliphatic carbocycles. The molecule has 2 saturated heterocycles. The molecule has 0 bridgehead atoms. The first-order valence-electron chi connectivity index (χ1n) is 12.3. The van der Waals surface area contributed by atoms with Gasteiger partial charge in [-0.15, -0.1) is 0 Å². The van der Waals surface area contributed by atoms with Gasteiger partial charge in [0.05, 0.1) is 13.2 Å². The number of nitrogens with two attached hydrogens (primary N) is 2. The van der Waals surface area contributed by atoms with Crippen LogP contribution in [-0.2, 0) is 14.2 Å². The maximum Gasteiger partial charge on any atom is 0.248 e. The average molecular weight is 557 g/mol. The SMILES string of the molecule is NC(=O)c1cccc([C@@H]2O[C@H](COCC#Cc3nc4c(N)ncnc4n3[C@@H]3O[C@H](CO)C(O)C3O)C(O)C2O)c1. The van der Waals surface area contributed by atoms with Crippen LogP contribution in [0.4, 0.5) is 5.82 Å². The number of carbonyl (C=O) groups is 1. The van der Waals surface area contributed by atoms with Crippen molar-refractivity contribution in [3.05, 3.63) is 47.5 Å². The lowest BCUT2D eigenvalue weighted by Gasteiger charge is -2.17. The van der Waals surface area contributed by atoms with Crippen molar-refractivity contribution in [1.82, 2.24) is 19.5 Å². The van der Waals surface area contributed by atoms with Crippen molar-refractivity contribution in [2.24, 2.45) is 5.73 Å². The van der Waals surface area contributed by atoms with Crippen LogP contribution in [0.15, 0.2) is 30.6 Å². The number of hydrogen-bond donors (Lipinski definition) is 7. The number of aromatic nitrogens is 4. The molecule has 0 spiro atoms. The Bertz CT molecular complexity index is 1460. The van der Waals surface area contributed by atoms with Gasteiger partial charge in [0.15, 0.2) is 29.0 Å². The first-order chi connectivity index (χ1) is 19.2. The zero-order chi connectivity index (χ0) is 28.6. The van der Waals surface area contributed by atoms with Crippen molar-refractivity contribution >= 4 is 22.9 Å². The molecule has 2 fully saturated rings. The third-order valence-corrected chi connectivity index (χ3v) is 6.80. The fourth-order valence-corrected chi connectivity index (χ4v) is 4.72. The average Bonchev–Trinajstić information content (AvgIpc) is 3.56. The minimum absolute atomic E-state index is 0.0663. The largest absolute Gasteiger partial charge is 0.394 e. The van der Waals surface area contributed by atoms with Crippen molar-refractivity contribution in [3.63, 3.8) is 0 Å². The summed E-state index contributed by atoms with van der Waals surface area (Å²) < 4.78 is 18.3. The van der Waals surface area contributed by atoms with Crippen LogP contribution in [-0.4, -0.2) is 107 Å². The Morgan fingerprint density at radius 3 is 2.58 bits per heavy atom. The van der Waals surface area contributed by atoms with E-state index in [9.17, 15) is 30.3 Å². The third-order valence-electron chi connectivity index (χ3n) is 6.80. The predicted molar refractivity (Wildman–Crippen MR) is 135 cm³/mol. The quantitative estimate of drug-likeness (QED) is 0.116. The monoisotopic (exact) mass is 556 g/mol. The number of nitrogen functional groups attached to an aromatic ring is 1. The molecule has 4 heterocycles. The summed E-state index contributed by atoms with van der Waals surface area (Å²) in [6, 6.07) is 6.28. The van der Waals surface area contributed by atoms with Gasteiger partial charge in [0.1, 0.15) is 55.7 Å². The molecule has 2 aromatic heterocycles. The smallest absolute Gasteiger partial charge is 0.248 e. The van der Waals surface area contributed by atoms with E-state index in [0.29, 0.717) is 5.56 Å². The third kappa shape index (κ3) is 5.10. The van der Waals surface area contributed by atoms with Crippen molar-refractivity contribution in [3.8, 4) is 11.8 Å². The van der Waals surface area contributed by atoms with Gasteiger partial charge in [0.25, 0.3) is 0 Å². The van der Waals surface area contributed by atoms with Crippen LogP contribution in [0.1, 0.15) is 34.1 Å². The van der Waals surface area contributed by atoms with Gasteiger partial charge in [-0.3, -0.25) is 9.36 Å². The number of anilines is 1. The summed E-state index contributed by atoms with van der Waals surface area (Å²) in [5, 5.41) is 51.2. The molecule has 8 atom stereocenters. The summed E-state index contributed by atoms with van der Waals surface area (Å²) in [5.41, 5.74) is 12.4. The maximum atomic E-state index is 11.5. The molecule has 4 unspecified atom stereocenters. The molecule has 2 aliphatic heterocycles. The Kier molecular flexibility index (Phi) is 7.94. The Hall–Kier alpha value is -3.72. The molecule has 0 saturated carbocycles. The van der Waals surface area contributed by atoms with E-state index in [1.165, 1.54) is 23.0 Å². The number of aliphatic hydroxyl groups excluding tert-OH is 5. The van der Waals surface area contributed by atoms with Crippen LogP contribution < -0.4 is 11.5 Å². The number of nitrogens with zero attached hydrogens (tertiary/aromatic N) is 4. The topological polar surface area (TPSA) is 242 Å². The summed E-state index contributed by atoms with van der Waals surface area (Å²) in [6.07, 6.45) is -8.04. The first-order valence-corrected chi connectivity index (χ1v) is 12.3. The van der Waals surface area contributed by atoms with Crippen molar-refractivity contribution in [2.45, 2.75) is 49.0 Å². The van der Waals surface area contributed by atoms with Gasteiger partial charge in [-0.05, 0) is 23.6 Å². The number of fused-ring (bicyclic) bond motifs is 1. The van der Waals surface area contributed by atoms with Crippen LogP contribution in [0.2, 0.25) is 0 Å². The number of hydrogen-bond acceptors (Lipinski definition) is 13. The molecule has 1 aromatic carbocycles. The second kappa shape index (κ2) is 11.4. The summed E-state index contributed by atoms with van der Waals surface area (Å²) >= 11 is 0. The van der Waals surface area contributed by atoms with E-state index in [1.807, 2.05) is 0 Å².